The summed E-state index contributed by atoms with van der Waals surface area (Å²) >= 11 is 0. The van der Waals surface area contributed by atoms with Crippen LogP contribution in [0.4, 0.5) is 0 Å². The van der Waals surface area contributed by atoms with E-state index in [9.17, 15) is 9.59 Å². The maximum atomic E-state index is 11.8. The molecule has 0 aromatic heterocycles. The van der Waals surface area contributed by atoms with Gasteiger partial charge in [-0.05, 0) is 17.5 Å². The number of hydrogen-bond donors (Lipinski definition) is 0. The van der Waals surface area contributed by atoms with Gasteiger partial charge in [-0.15, -0.1) is 0 Å². The fourth-order valence-corrected chi connectivity index (χ4v) is 2.04. The van der Waals surface area contributed by atoms with Crippen molar-refractivity contribution in [2.75, 3.05) is 0 Å². The van der Waals surface area contributed by atoms with Gasteiger partial charge < -0.3 is 9.47 Å². The summed E-state index contributed by atoms with van der Waals surface area (Å²) in [5.41, 5.74) is 1.80. The maximum absolute atomic E-state index is 11.8. The number of hydrogen-bond acceptors (Lipinski definition) is 4. The van der Waals surface area contributed by atoms with Crippen LogP contribution in [-0.2, 0) is 32.3 Å². The van der Waals surface area contributed by atoms with Crippen LogP contribution in [-0.4, -0.2) is 19.8 Å². The van der Waals surface area contributed by atoms with Gasteiger partial charge in [-0.1, -0.05) is 60.7 Å². The van der Waals surface area contributed by atoms with Crippen LogP contribution >= 0.6 is 0 Å². The molecule has 0 spiro atoms. The van der Waals surface area contributed by atoms with Crippen molar-refractivity contribution < 1.29 is 19.1 Å². The second kappa shape index (κ2) is 9.55. The topological polar surface area (TPSA) is 52.6 Å². The second-order valence-electron chi connectivity index (χ2n) is 5.38. The highest BCUT2D eigenvalue weighted by atomic mass is 16.5. The van der Waals surface area contributed by atoms with E-state index in [1.807, 2.05) is 60.7 Å². The summed E-state index contributed by atoms with van der Waals surface area (Å²) in [4.78, 5) is 23.5. The third-order valence-corrected chi connectivity index (χ3v) is 3.43. The molecule has 0 saturated heterocycles. The Labute approximate surface area is 143 Å². The lowest BCUT2D eigenvalue weighted by Crippen LogP contribution is -2.15. The van der Waals surface area contributed by atoms with Gasteiger partial charge in [0, 0.05) is 12.2 Å². The highest BCUT2D eigenvalue weighted by Gasteiger charge is 2.16. The van der Waals surface area contributed by atoms with Gasteiger partial charge in [0.25, 0.3) is 5.97 Å². The van der Waals surface area contributed by atoms with E-state index in [2.05, 4.69) is 0 Å². The van der Waals surface area contributed by atoms with Crippen LogP contribution in [0.15, 0.2) is 60.7 Å². The summed E-state index contributed by atoms with van der Waals surface area (Å²) < 4.78 is 10.3. The van der Waals surface area contributed by atoms with E-state index >= 15 is 0 Å². The molecule has 0 amide bonds. The fraction of sp³-hybridized carbons (Fsp3) is 0.263. The molecular weight excluding hydrogens is 303 g/mol. The van der Waals surface area contributed by atoms with Gasteiger partial charge >= 0.3 is 5.97 Å². The second-order valence-corrected chi connectivity index (χ2v) is 5.38. The Morgan fingerprint density at radius 1 is 0.833 bits per heavy atom. The summed E-state index contributed by atoms with van der Waals surface area (Å²) in [6.07, 6.45) is 0.273. The third-order valence-electron chi connectivity index (χ3n) is 3.43. The predicted molar refractivity (Wildman–Crippen MR) is 91.2 cm³/mol. The smallest absolute Gasteiger partial charge is 0.306 e. The lowest BCUT2D eigenvalue weighted by atomic mass is 9.83. The van der Waals surface area contributed by atoms with Gasteiger partial charge in [0.1, 0.15) is 13.2 Å². The first-order valence-electron chi connectivity index (χ1n) is 7.81. The highest BCUT2D eigenvalue weighted by Crippen LogP contribution is 2.14. The number of rotatable bonds is 8. The van der Waals surface area contributed by atoms with Crippen molar-refractivity contribution in [1.82, 2.24) is 0 Å². The molecule has 0 aliphatic carbocycles. The zero-order chi connectivity index (χ0) is 17.2. The van der Waals surface area contributed by atoms with E-state index in [4.69, 9.17) is 17.3 Å². The van der Waals surface area contributed by atoms with Crippen LogP contribution in [0, 0.1) is 0 Å². The van der Waals surface area contributed by atoms with Gasteiger partial charge in [-0.2, -0.15) is 0 Å². The lowest BCUT2D eigenvalue weighted by molar-refractivity contribution is -0.146. The quantitative estimate of drug-likeness (QED) is 0.553. The molecule has 2 aromatic carbocycles. The summed E-state index contributed by atoms with van der Waals surface area (Å²) in [5, 5.41) is 0. The minimum atomic E-state index is -0.835. The Bertz CT molecular complexity index is 643. The Hall–Kier alpha value is -2.56. The molecule has 0 N–H and O–H groups in total. The molecule has 2 rings (SSSR count). The summed E-state index contributed by atoms with van der Waals surface area (Å²) in [6.45, 7) is 0.388. The normalized spacial score (nSPS) is 11.5. The predicted octanol–water partition coefficient (Wildman–Crippen LogP) is 3.21. The molecule has 4 nitrogen and oxygen atoms in total. The van der Waals surface area contributed by atoms with Gasteiger partial charge in [0.2, 0.25) is 0 Å². The van der Waals surface area contributed by atoms with Crippen molar-refractivity contribution in [2.45, 2.75) is 31.9 Å². The number of carbonyl (C=O) groups is 2. The third kappa shape index (κ3) is 6.28. The van der Waals surface area contributed by atoms with E-state index in [0.29, 0.717) is 0 Å². The van der Waals surface area contributed by atoms with Crippen molar-refractivity contribution in [3.8, 4) is 0 Å². The molecule has 24 heavy (non-hydrogen) atoms. The first-order chi connectivity index (χ1) is 11.6. The Kier molecular flexibility index (Phi) is 7.08. The summed E-state index contributed by atoms with van der Waals surface area (Å²) in [5.74, 6) is -1.74. The standard InChI is InChI=1S/C19H19BO4/c20-17(19(22)24-14-16-9-5-2-6-10-16)11-12-18(21)23-13-15-7-3-1-4-8-15/h1-10,17H,11-14H2. The molecule has 2 radical (unpaired) electrons. The van der Waals surface area contributed by atoms with Crippen LogP contribution in [0.1, 0.15) is 24.0 Å². The van der Waals surface area contributed by atoms with Crippen LogP contribution in [0.5, 0.6) is 0 Å². The first-order valence-corrected chi connectivity index (χ1v) is 7.81. The Morgan fingerprint density at radius 2 is 1.33 bits per heavy atom. The SMILES string of the molecule is [B]C(CCC(=O)OCc1ccccc1)C(=O)OCc1ccccc1. The van der Waals surface area contributed by atoms with Crippen molar-refractivity contribution in [1.29, 1.82) is 0 Å². The Morgan fingerprint density at radius 3 is 1.88 bits per heavy atom. The average molecular weight is 322 g/mol. The van der Waals surface area contributed by atoms with Crippen molar-refractivity contribution >= 4 is 19.8 Å². The lowest BCUT2D eigenvalue weighted by Gasteiger charge is -2.11. The molecule has 0 aliphatic rings. The maximum Gasteiger partial charge on any atom is 0.306 e. The molecule has 1 atom stereocenters. The van der Waals surface area contributed by atoms with Crippen LogP contribution < -0.4 is 0 Å². The van der Waals surface area contributed by atoms with E-state index in [1.54, 1.807) is 0 Å². The van der Waals surface area contributed by atoms with Gasteiger partial charge in [0.15, 0.2) is 0 Å². The van der Waals surface area contributed by atoms with Crippen LogP contribution in [0.25, 0.3) is 0 Å². The van der Waals surface area contributed by atoms with E-state index in [0.717, 1.165) is 11.1 Å². The molecule has 0 aliphatic heterocycles. The Balaban J connectivity index is 1.65. The minimum Gasteiger partial charge on any atom is -0.461 e. The zero-order valence-electron chi connectivity index (χ0n) is 13.4. The molecule has 0 heterocycles. The van der Waals surface area contributed by atoms with Gasteiger partial charge in [-0.25, -0.2) is 0 Å². The molecule has 1 unspecified atom stereocenters. The number of esters is 2. The monoisotopic (exact) mass is 322 g/mol. The molecule has 0 fully saturated rings. The first kappa shape index (κ1) is 17.8. The number of ether oxygens (including phenoxy) is 2. The van der Waals surface area contributed by atoms with E-state index < -0.39 is 11.8 Å². The highest BCUT2D eigenvalue weighted by molar-refractivity contribution is 6.22. The summed E-state index contributed by atoms with van der Waals surface area (Å²) in [6, 6.07) is 18.7. The average Bonchev–Trinajstić information content (AvgIpc) is 2.64. The van der Waals surface area contributed by atoms with Crippen molar-refractivity contribution in [3.05, 3.63) is 71.8 Å². The molecule has 5 heteroatoms. The molecule has 122 valence electrons. The van der Waals surface area contributed by atoms with E-state index in [-0.39, 0.29) is 32.0 Å². The molecule has 0 bridgehead atoms. The number of carbonyl (C=O) groups excluding carboxylic acids is 2. The van der Waals surface area contributed by atoms with Crippen molar-refractivity contribution in [2.24, 2.45) is 0 Å². The van der Waals surface area contributed by atoms with Crippen molar-refractivity contribution in [3.63, 3.8) is 0 Å². The fourth-order valence-electron chi connectivity index (χ4n) is 2.04. The minimum absolute atomic E-state index is 0.0778. The zero-order valence-corrected chi connectivity index (χ0v) is 13.4. The summed E-state index contributed by atoms with van der Waals surface area (Å²) in [7, 11) is 5.75. The van der Waals surface area contributed by atoms with Crippen LogP contribution in [0.2, 0.25) is 5.82 Å². The molecule has 2 aromatic rings. The van der Waals surface area contributed by atoms with Gasteiger partial charge in [0.05, 0.1) is 7.85 Å². The van der Waals surface area contributed by atoms with E-state index in [1.165, 1.54) is 0 Å². The molecular formula is C19H19BO4. The molecule has 0 saturated carbocycles. The largest absolute Gasteiger partial charge is 0.461 e. The van der Waals surface area contributed by atoms with Crippen LogP contribution in [0.3, 0.4) is 0 Å². The van der Waals surface area contributed by atoms with Gasteiger partial charge in [-0.3, -0.25) is 9.59 Å². The number of benzene rings is 2.